The molecule has 1 saturated carbocycles. The van der Waals surface area contributed by atoms with Gasteiger partial charge in [0.15, 0.2) is 0 Å². The van der Waals surface area contributed by atoms with Crippen LogP contribution in [-0.4, -0.2) is 37.0 Å². The molecular formula is C18H24ClFN2O. The molecule has 1 N–H and O–H groups in total. The van der Waals surface area contributed by atoms with Crippen LogP contribution >= 0.6 is 12.4 Å². The molecule has 4 rings (SSSR count). The molecule has 2 aliphatic heterocycles. The highest BCUT2D eigenvalue weighted by molar-refractivity contribution is 5.91. The van der Waals surface area contributed by atoms with Crippen molar-refractivity contribution in [3.05, 3.63) is 35.6 Å². The molecule has 2 saturated heterocycles. The maximum Gasteiger partial charge on any atom is 0.233 e. The van der Waals surface area contributed by atoms with Crippen molar-refractivity contribution in [3.63, 3.8) is 0 Å². The van der Waals surface area contributed by atoms with Gasteiger partial charge in [-0.05, 0) is 61.8 Å². The summed E-state index contributed by atoms with van der Waals surface area (Å²) in [6.07, 6.45) is 5.29. The average Bonchev–Trinajstić information content (AvgIpc) is 3.24. The fourth-order valence-electron chi connectivity index (χ4n) is 4.23. The lowest BCUT2D eigenvalue weighted by atomic mass is 9.77. The van der Waals surface area contributed by atoms with Crippen molar-refractivity contribution in [1.82, 2.24) is 10.2 Å². The van der Waals surface area contributed by atoms with Gasteiger partial charge in [-0.3, -0.25) is 4.79 Å². The molecule has 23 heavy (non-hydrogen) atoms. The minimum atomic E-state index is -0.355. The Balaban J connectivity index is 0.00000156. The number of amides is 1. The van der Waals surface area contributed by atoms with Gasteiger partial charge in [-0.25, -0.2) is 4.39 Å². The number of rotatable bonds is 2. The smallest absolute Gasteiger partial charge is 0.233 e. The van der Waals surface area contributed by atoms with Crippen molar-refractivity contribution in [2.24, 2.45) is 5.41 Å². The maximum absolute atomic E-state index is 13.1. The van der Waals surface area contributed by atoms with Crippen LogP contribution in [-0.2, 0) is 10.2 Å². The van der Waals surface area contributed by atoms with Crippen LogP contribution in [0.3, 0.4) is 0 Å². The summed E-state index contributed by atoms with van der Waals surface area (Å²) in [6.45, 7) is 3.98. The number of likely N-dealkylation sites (tertiary alicyclic amines) is 1. The van der Waals surface area contributed by atoms with E-state index in [1.54, 1.807) is 12.1 Å². The molecule has 1 aromatic carbocycles. The molecule has 3 nitrogen and oxygen atoms in total. The third kappa shape index (κ3) is 2.87. The van der Waals surface area contributed by atoms with Gasteiger partial charge in [-0.1, -0.05) is 12.1 Å². The average molecular weight is 339 g/mol. The van der Waals surface area contributed by atoms with E-state index in [1.165, 1.54) is 18.6 Å². The zero-order valence-electron chi connectivity index (χ0n) is 13.3. The van der Waals surface area contributed by atoms with Crippen LogP contribution in [0.15, 0.2) is 24.3 Å². The predicted molar refractivity (Wildman–Crippen MR) is 90.3 cm³/mol. The Morgan fingerprint density at radius 1 is 1.04 bits per heavy atom. The second-order valence-corrected chi connectivity index (χ2v) is 7.31. The molecule has 1 aliphatic carbocycles. The lowest BCUT2D eigenvalue weighted by Crippen LogP contribution is -2.47. The molecule has 0 radical (unpaired) electrons. The number of hydrogen-bond acceptors (Lipinski definition) is 2. The topological polar surface area (TPSA) is 32.3 Å². The van der Waals surface area contributed by atoms with E-state index < -0.39 is 0 Å². The van der Waals surface area contributed by atoms with Crippen molar-refractivity contribution in [2.45, 2.75) is 37.5 Å². The summed E-state index contributed by atoms with van der Waals surface area (Å²) >= 11 is 0. The van der Waals surface area contributed by atoms with Gasteiger partial charge in [-0.15, -0.1) is 12.4 Å². The largest absolute Gasteiger partial charge is 0.342 e. The lowest BCUT2D eigenvalue weighted by Gasteiger charge is -2.40. The van der Waals surface area contributed by atoms with Crippen LogP contribution in [0.2, 0.25) is 0 Å². The van der Waals surface area contributed by atoms with Gasteiger partial charge < -0.3 is 10.2 Å². The minimum absolute atomic E-state index is 0. The number of nitrogens with zero attached hydrogens (tertiary/aromatic N) is 1. The quantitative estimate of drug-likeness (QED) is 0.899. The standard InChI is InChI=1S/C18H23FN2O.ClH/c19-15-3-1-14(2-4-15)18(5-6-18)16(22)21-11-8-17(9-12-21)7-10-20-13-17;/h1-4,20H,5-13H2;1H. The van der Waals surface area contributed by atoms with Crippen LogP contribution in [0.5, 0.6) is 0 Å². The number of hydrogen-bond donors (Lipinski definition) is 1. The van der Waals surface area contributed by atoms with Gasteiger partial charge in [0, 0.05) is 19.6 Å². The zero-order valence-corrected chi connectivity index (χ0v) is 14.1. The summed E-state index contributed by atoms with van der Waals surface area (Å²) in [5.74, 6) is 0.0283. The normalized spacial score (nSPS) is 24.3. The Labute approximate surface area is 143 Å². The molecule has 5 heteroatoms. The molecule has 1 spiro atoms. The summed E-state index contributed by atoms with van der Waals surface area (Å²) in [6, 6.07) is 6.51. The van der Waals surface area contributed by atoms with E-state index in [0.717, 1.165) is 57.4 Å². The molecule has 3 fully saturated rings. The Morgan fingerprint density at radius 2 is 1.70 bits per heavy atom. The Morgan fingerprint density at radius 3 is 2.22 bits per heavy atom. The van der Waals surface area contributed by atoms with E-state index in [0.29, 0.717) is 5.41 Å². The van der Waals surface area contributed by atoms with E-state index in [-0.39, 0.29) is 29.5 Å². The van der Waals surface area contributed by atoms with E-state index in [1.807, 2.05) is 0 Å². The molecule has 126 valence electrons. The molecule has 1 amide bonds. The van der Waals surface area contributed by atoms with Gasteiger partial charge >= 0.3 is 0 Å². The van der Waals surface area contributed by atoms with Crippen LogP contribution in [0.1, 0.15) is 37.7 Å². The highest BCUT2D eigenvalue weighted by atomic mass is 35.5. The van der Waals surface area contributed by atoms with Crippen LogP contribution < -0.4 is 5.32 Å². The van der Waals surface area contributed by atoms with E-state index >= 15 is 0 Å². The Bertz CT molecular complexity index is 569. The molecule has 0 unspecified atom stereocenters. The Hall–Kier alpha value is -1.13. The van der Waals surface area contributed by atoms with Crippen LogP contribution in [0, 0.1) is 11.2 Å². The van der Waals surface area contributed by atoms with Crippen LogP contribution in [0.25, 0.3) is 0 Å². The third-order valence-corrected chi connectivity index (χ3v) is 6.00. The monoisotopic (exact) mass is 338 g/mol. The van der Waals surface area contributed by atoms with Gasteiger partial charge in [0.2, 0.25) is 5.91 Å². The number of carbonyl (C=O) groups is 1. The SMILES string of the molecule is Cl.O=C(N1CCC2(CCNC2)CC1)C1(c2ccc(F)cc2)CC1. The number of benzene rings is 1. The van der Waals surface area contributed by atoms with Crippen molar-refractivity contribution < 1.29 is 9.18 Å². The van der Waals surface area contributed by atoms with E-state index in [4.69, 9.17) is 0 Å². The molecular weight excluding hydrogens is 315 g/mol. The first-order chi connectivity index (χ1) is 10.6. The summed E-state index contributed by atoms with van der Waals surface area (Å²) in [5, 5.41) is 3.46. The molecule has 0 bridgehead atoms. The summed E-state index contributed by atoms with van der Waals surface area (Å²) in [4.78, 5) is 15.0. The molecule has 1 aromatic rings. The second kappa shape index (κ2) is 6.06. The number of piperidine rings is 1. The summed E-state index contributed by atoms with van der Waals surface area (Å²) < 4.78 is 13.1. The van der Waals surface area contributed by atoms with E-state index in [2.05, 4.69) is 10.2 Å². The second-order valence-electron chi connectivity index (χ2n) is 7.31. The van der Waals surface area contributed by atoms with Crippen molar-refractivity contribution >= 4 is 18.3 Å². The number of nitrogens with one attached hydrogen (secondary N) is 1. The Kier molecular flexibility index (Phi) is 4.41. The first-order valence-electron chi connectivity index (χ1n) is 8.40. The zero-order chi connectivity index (χ0) is 15.2. The number of carbonyl (C=O) groups excluding carboxylic acids is 1. The molecule has 0 aromatic heterocycles. The van der Waals surface area contributed by atoms with Gasteiger partial charge in [0.05, 0.1) is 5.41 Å². The number of halogens is 2. The van der Waals surface area contributed by atoms with Crippen molar-refractivity contribution in [3.8, 4) is 0 Å². The van der Waals surface area contributed by atoms with Crippen LogP contribution in [0.4, 0.5) is 4.39 Å². The molecule has 2 heterocycles. The van der Waals surface area contributed by atoms with Gasteiger partial charge in [0.25, 0.3) is 0 Å². The highest BCUT2D eigenvalue weighted by Gasteiger charge is 2.53. The summed E-state index contributed by atoms with van der Waals surface area (Å²) in [7, 11) is 0. The first-order valence-corrected chi connectivity index (χ1v) is 8.40. The van der Waals surface area contributed by atoms with Gasteiger partial charge in [0.1, 0.15) is 5.82 Å². The lowest BCUT2D eigenvalue weighted by molar-refractivity contribution is -0.136. The fraction of sp³-hybridized carbons (Fsp3) is 0.611. The molecule has 0 atom stereocenters. The maximum atomic E-state index is 13.1. The molecule has 3 aliphatic rings. The third-order valence-electron chi connectivity index (χ3n) is 6.00. The first kappa shape index (κ1) is 16.7. The summed E-state index contributed by atoms with van der Waals surface area (Å²) in [5.41, 5.74) is 1.07. The van der Waals surface area contributed by atoms with Crippen molar-refractivity contribution in [1.29, 1.82) is 0 Å². The highest BCUT2D eigenvalue weighted by Crippen LogP contribution is 2.50. The van der Waals surface area contributed by atoms with Gasteiger partial charge in [-0.2, -0.15) is 0 Å². The predicted octanol–water partition coefficient (Wildman–Crippen LogP) is 2.88. The van der Waals surface area contributed by atoms with E-state index in [9.17, 15) is 9.18 Å². The van der Waals surface area contributed by atoms with Crippen molar-refractivity contribution in [2.75, 3.05) is 26.2 Å². The minimum Gasteiger partial charge on any atom is -0.342 e. The fourth-order valence-corrected chi connectivity index (χ4v) is 4.23.